The van der Waals surface area contributed by atoms with Gasteiger partial charge in [-0.05, 0) is 19.8 Å². The van der Waals surface area contributed by atoms with E-state index in [0.29, 0.717) is 36.1 Å². The molecule has 0 saturated heterocycles. The highest BCUT2D eigenvalue weighted by Gasteiger charge is 2.38. The number of hydrogen-bond donors (Lipinski definition) is 3. The molecule has 1 aliphatic rings. The fourth-order valence-electron chi connectivity index (χ4n) is 3.68. The topological polar surface area (TPSA) is 113 Å². The van der Waals surface area contributed by atoms with Crippen LogP contribution >= 0.6 is 0 Å². The van der Waals surface area contributed by atoms with E-state index in [9.17, 15) is 5.11 Å². The third-order valence-electron chi connectivity index (χ3n) is 4.95. The average Bonchev–Trinajstić information content (AvgIpc) is 3.25. The van der Waals surface area contributed by atoms with Crippen LogP contribution in [0.4, 0.5) is 5.95 Å². The smallest absolute Gasteiger partial charge is 0.233 e. The van der Waals surface area contributed by atoms with Gasteiger partial charge < -0.3 is 20.1 Å². The fraction of sp³-hybridized carbons (Fsp3) is 0.333. The highest BCUT2D eigenvalue weighted by atomic mass is 16.5. The Labute approximate surface area is 154 Å². The summed E-state index contributed by atoms with van der Waals surface area (Å²) < 4.78 is 7.40. The van der Waals surface area contributed by atoms with Crippen molar-refractivity contribution < 1.29 is 9.84 Å². The number of aromatic amines is 1. The van der Waals surface area contributed by atoms with Crippen LogP contribution in [0.2, 0.25) is 0 Å². The summed E-state index contributed by atoms with van der Waals surface area (Å²) in [6.07, 6.45) is 10.5. The van der Waals surface area contributed by atoms with Crippen molar-refractivity contribution in [2.24, 2.45) is 0 Å². The van der Waals surface area contributed by atoms with Crippen molar-refractivity contribution in [2.45, 2.75) is 31.4 Å². The molecule has 0 atom stereocenters. The number of nitrogens with one attached hydrogen (secondary N) is 2. The Morgan fingerprint density at radius 1 is 1.33 bits per heavy atom. The largest absolute Gasteiger partial charge is 0.480 e. The maximum Gasteiger partial charge on any atom is 0.233 e. The second-order valence-corrected chi connectivity index (χ2v) is 7.21. The minimum Gasteiger partial charge on any atom is -0.480 e. The number of aliphatic hydroxyl groups is 1. The third-order valence-corrected chi connectivity index (χ3v) is 4.95. The molecular formula is C18H19N7O2. The average molecular weight is 365 g/mol. The molecule has 3 N–H and O–H groups in total. The molecule has 0 radical (unpaired) electrons. The van der Waals surface area contributed by atoms with Gasteiger partial charge >= 0.3 is 0 Å². The van der Waals surface area contributed by atoms with E-state index in [1.54, 1.807) is 19.5 Å². The zero-order valence-electron chi connectivity index (χ0n) is 15.0. The SMILES string of the molecule is COc1nc(NC2CC(C)(O)C2)nc2[nH]cc(-c3cnc4nccn4c3)c12. The first-order valence-electron chi connectivity index (χ1n) is 8.73. The lowest BCUT2D eigenvalue weighted by atomic mass is 9.77. The van der Waals surface area contributed by atoms with Crippen LogP contribution < -0.4 is 10.1 Å². The molecule has 1 saturated carbocycles. The Morgan fingerprint density at radius 2 is 2.19 bits per heavy atom. The minimum absolute atomic E-state index is 0.157. The highest BCUT2D eigenvalue weighted by molar-refractivity contribution is 5.97. The standard InChI is InChI=1S/C18H19N7O2/c1-18(26)5-11(6-18)22-16-23-14-13(15(24-16)27-2)12(8-20-14)10-7-21-17-19-3-4-25(17)9-10/h3-4,7-9,11,26H,5-6H2,1-2H3,(H2,20,22,23,24). The first kappa shape index (κ1) is 16.0. The van der Waals surface area contributed by atoms with Crippen LogP contribution in [0.3, 0.4) is 0 Å². The summed E-state index contributed by atoms with van der Waals surface area (Å²) in [5.41, 5.74) is 1.88. The first-order valence-corrected chi connectivity index (χ1v) is 8.73. The van der Waals surface area contributed by atoms with E-state index in [-0.39, 0.29) is 6.04 Å². The molecule has 1 aliphatic carbocycles. The van der Waals surface area contributed by atoms with Crippen LogP contribution in [0, 0.1) is 0 Å². The molecule has 138 valence electrons. The number of hydrogen-bond acceptors (Lipinski definition) is 7. The Bertz CT molecular complexity index is 1140. The number of H-pyrrole nitrogens is 1. The molecule has 1 fully saturated rings. The summed E-state index contributed by atoms with van der Waals surface area (Å²) >= 11 is 0. The van der Waals surface area contributed by atoms with E-state index in [1.165, 1.54) is 0 Å². The minimum atomic E-state index is -0.607. The lowest BCUT2D eigenvalue weighted by molar-refractivity contribution is -0.0236. The summed E-state index contributed by atoms with van der Waals surface area (Å²) in [6.45, 7) is 1.83. The van der Waals surface area contributed by atoms with Gasteiger partial charge in [0.05, 0.1) is 18.1 Å². The van der Waals surface area contributed by atoms with Gasteiger partial charge in [0.15, 0.2) is 0 Å². The van der Waals surface area contributed by atoms with Crippen LogP contribution in [0.5, 0.6) is 5.88 Å². The summed E-state index contributed by atoms with van der Waals surface area (Å²) in [5.74, 6) is 1.61. The lowest BCUT2D eigenvalue weighted by Crippen LogP contribution is -2.48. The van der Waals surface area contributed by atoms with Crippen LogP contribution in [0.25, 0.3) is 27.9 Å². The molecular weight excluding hydrogens is 346 g/mol. The Balaban J connectivity index is 1.55. The predicted molar refractivity (Wildman–Crippen MR) is 99.7 cm³/mol. The van der Waals surface area contributed by atoms with Gasteiger partial charge in [0.25, 0.3) is 0 Å². The number of fused-ring (bicyclic) bond motifs is 2. The van der Waals surface area contributed by atoms with E-state index in [0.717, 1.165) is 16.5 Å². The molecule has 4 aromatic heterocycles. The summed E-state index contributed by atoms with van der Waals surface area (Å²) in [6, 6.07) is 0.157. The van der Waals surface area contributed by atoms with Gasteiger partial charge in [-0.25, -0.2) is 9.97 Å². The maximum atomic E-state index is 9.90. The number of aromatic nitrogens is 6. The quantitative estimate of drug-likeness (QED) is 0.507. The number of methoxy groups -OCH3 is 1. The summed E-state index contributed by atoms with van der Waals surface area (Å²) in [5, 5.41) is 14.0. The highest BCUT2D eigenvalue weighted by Crippen LogP contribution is 2.36. The Morgan fingerprint density at radius 3 is 2.96 bits per heavy atom. The molecule has 0 aromatic carbocycles. The maximum absolute atomic E-state index is 9.90. The van der Waals surface area contributed by atoms with Crippen molar-refractivity contribution in [1.82, 2.24) is 29.3 Å². The van der Waals surface area contributed by atoms with E-state index < -0.39 is 5.60 Å². The normalized spacial score (nSPS) is 22.1. The van der Waals surface area contributed by atoms with Gasteiger partial charge in [0.1, 0.15) is 5.65 Å². The Hall–Kier alpha value is -3.20. The number of anilines is 1. The third kappa shape index (κ3) is 2.67. The summed E-state index contributed by atoms with van der Waals surface area (Å²) in [4.78, 5) is 20.8. The molecule has 5 rings (SSSR count). The second-order valence-electron chi connectivity index (χ2n) is 7.21. The molecule has 4 heterocycles. The van der Waals surface area contributed by atoms with Crippen LogP contribution in [-0.2, 0) is 0 Å². The predicted octanol–water partition coefficient (Wildman–Crippen LogP) is 2.00. The second kappa shape index (κ2) is 5.65. The number of nitrogens with zero attached hydrogens (tertiary/aromatic N) is 5. The van der Waals surface area contributed by atoms with Crippen molar-refractivity contribution >= 4 is 22.8 Å². The molecule has 0 unspecified atom stereocenters. The lowest BCUT2D eigenvalue weighted by Gasteiger charge is -2.41. The number of ether oxygens (including phenoxy) is 1. The van der Waals surface area contributed by atoms with Crippen molar-refractivity contribution in [2.75, 3.05) is 12.4 Å². The van der Waals surface area contributed by atoms with Crippen molar-refractivity contribution in [3.8, 4) is 17.0 Å². The van der Waals surface area contributed by atoms with E-state index >= 15 is 0 Å². The van der Waals surface area contributed by atoms with Gasteiger partial charge in [0, 0.05) is 48.2 Å². The molecule has 0 bridgehead atoms. The molecule has 9 heteroatoms. The van der Waals surface area contributed by atoms with Crippen molar-refractivity contribution in [3.05, 3.63) is 31.0 Å². The molecule has 27 heavy (non-hydrogen) atoms. The molecule has 0 amide bonds. The van der Waals surface area contributed by atoms with Gasteiger partial charge in [-0.15, -0.1) is 0 Å². The van der Waals surface area contributed by atoms with Crippen molar-refractivity contribution in [1.29, 1.82) is 0 Å². The van der Waals surface area contributed by atoms with Crippen molar-refractivity contribution in [3.63, 3.8) is 0 Å². The molecule has 0 spiro atoms. The zero-order chi connectivity index (χ0) is 18.6. The van der Waals surface area contributed by atoms with Gasteiger partial charge in [0.2, 0.25) is 17.6 Å². The zero-order valence-corrected chi connectivity index (χ0v) is 15.0. The molecule has 9 nitrogen and oxygen atoms in total. The summed E-state index contributed by atoms with van der Waals surface area (Å²) in [7, 11) is 1.59. The van der Waals surface area contributed by atoms with Gasteiger partial charge in [-0.2, -0.15) is 9.97 Å². The van der Waals surface area contributed by atoms with Gasteiger partial charge in [-0.1, -0.05) is 0 Å². The number of rotatable bonds is 4. The molecule has 0 aliphatic heterocycles. The monoisotopic (exact) mass is 365 g/mol. The first-order chi connectivity index (χ1) is 13.0. The molecule has 4 aromatic rings. The van der Waals surface area contributed by atoms with Crippen LogP contribution in [-0.4, -0.2) is 53.2 Å². The fourth-order valence-corrected chi connectivity index (χ4v) is 3.68. The Kier molecular flexibility index (Phi) is 3.35. The number of imidazole rings is 1. The van der Waals surface area contributed by atoms with Gasteiger partial charge in [-0.3, -0.25) is 4.40 Å². The van der Waals surface area contributed by atoms with E-state index in [1.807, 2.05) is 29.9 Å². The van der Waals surface area contributed by atoms with E-state index in [2.05, 4.69) is 30.2 Å². The van der Waals surface area contributed by atoms with Crippen LogP contribution in [0.15, 0.2) is 31.0 Å². The van der Waals surface area contributed by atoms with Crippen LogP contribution in [0.1, 0.15) is 19.8 Å². The van der Waals surface area contributed by atoms with E-state index in [4.69, 9.17) is 4.74 Å².